The number of aromatic nitrogens is 2. The topological polar surface area (TPSA) is 59.9 Å². The summed E-state index contributed by atoms with van der Waals surface area (Å²) < 4.78 is 22.1. The van der Waals surface area contributed by atoms with Crippen LogP contribution in [0.15, 0.2) is 11.0 Å². The molecule has 0 fully saturated rings. The lowest BCUT2D eigenvalue weighted by Crippen LogP contribution is -2.01. The van der Waals surface area contributed by atoms with E-state index in [9.17, 15) is 8.42 Å². The highest BCUT2D eigenvalue weighted by molar-refractivity contribution is 7.90. The molecule has 0 saturated carbocycles. The number of hydrogen-bond donors (Lipinski definition) is 0. The second-order valence-electron chi connectivity index (χ2n) is 2.41. The van der Waals surface area contributed by atoms with E-state index in [1.807, 2.05) is 0 Å². The van der Waals surface area contributed by atoms with E-state index < -0.39 is 9.84 Å². The van der Waals surface area contributed by atoms with Gasteiger partial charge < -0.3 is 0 Å². The molecular weight excluding hydrogens is 200 g/mol. The zero-order valence-corrected chi connectivity index (χ0v) is 8.15. The number of hydrogen-bond acceptors (Lipinski definition) is 4. The van der Waals surface area contributed by atoms with Gasteiger partial charge in [0.25, 0.3) is 0 Å². The van der Waals surface area contributed by atoms with Crippen molar-refractivity contribution in [1.82, 2.24) is 10.2 Å². The van der Waals surface area contributed by atoms with Gasteiger partial charge in [0.05, 0.1) is 5.69 Å². The molecule has 0 aliphatic rings. The average molecular weight is 207 g/mol. The van der Waals surface area contributed by atoms with E-state index in [-0.39, 0.29) is 10.0 Å². The van der Waals surface area contributed by atoms with E-state index in [1.165, 1.54) is 6.07 Å². The second-order valence-corrected chi connectivity index (χ2v) is 4.76. The summed E-state index contributed by atoms with van der Waals surface area (Å²) in [6.45, 7) is 1.65. The van der Waals surface area contributed by atoms with Gasteiger partial charge in [-0.2, -0.15) is 5.10 Å². The Balaban J connectivity index is 3.43. The molecule has 66 valence electrons. The quantitative estimate of drug-likeness (QED) is 0.683. The molecule has 1 rings (SSSR count). The number of aryl methyl sites for hydroxylation is 1. The van der Waals surface area contributed by atoms with Crippen LogP contribution in [0.5, 0.6) is 0 Å². The molecule has 0 aromatic carbocycles. The van der Waals surface area contributed by atoms with Gasteiger partial charge in [0.15, 0.2) is 15.0 Å². The SMILES string of the molecule is Cc1cc(S(C)(=O)=O)c(Cl)nn1. The van der Waals surface area contributed by atoms with Gasteiger partial charge in [-0.15, -0.1) is 5.10 Å². The standard InChI is InChI=1S/C6H7ClN2O2S/c1-4-3-5(12(2,10)11)6(7)9-8-4/h3H,1-2H3. The molecular formula is C6H7ClN2O2S. The zero-order chi connectivity index (χ0) is 9.35. The van der Waals surface area contributed by atoms with Gasteiger partial charge in [-0.1, -0.05) is 11.6 Å². The predicted molar refractivity (Wildman–Crippen MR) is 44.9 cm³/mol. The first-order valence-electron chi connectivity index (χ1n) is 3.11. The van der Waals surface area contributed by atoms with Crippen molar-refractivity contribution in [1.29, 1.82) is 0 Å². The molecule has 4 nitrogen and oxygen atoms in total. The van der Waals surface area contributed by atoms with Crippen molar-refractivity contribution in [2.75, 3.05) is 6.26 Å². The van der Waals surface area contributed by atoms with Crippen LogP contribution in [0, 0.1) is 6.92 Å². The van der Waals surface area contributed by atoms with Crippen molar-refractivity contribution in [3.05, 3.63) is 16.9 Å². The van der Waals surface area contributed by atoms with Crippen LogP contribution >= 0.6 is 11.6 Å². The van der Waals surface area contributed by atoms with Crippen molar-refractivity contribution in [3.63, 3.8) is 0 Å². The fourth-order valence-corrected chi connectivity index (χ4v) is 1.95. The lowest BCUT2D eigenvalue weighted by atomic mass is 10.4. The van der Waals surface area contributed by atoms with E-state index in [2.05, 4.69) is 10.2 Å². The van der Waals surface area contributed by atoms with E-state index in [1.54, 1.807) is 6.92 Å². The highest BCUT2D eigenvalue weighted by atomic mass is 35.5. The Bertz CT molecular complexity index is 402. The summed E-state index contributed by atoms with van der Waals surface area (Å²) in [5.74, 6) is 0. The Morgan fingerprint density at radius 3 is 2.42 bits per heavy atom. The third kappa shape index (κ3) is 1.92. The Labute approximate surface area is 75.5 Å². The molecule has 1 aromatic rings. The van der Waals surface area contributed by atoms with Gasteiger partial charge >= 0.3 is 0 Å². The molecule has 0 aliphatic heterocycles. The van der Waals surface area contributed by atoms with Gasteiger partial charge in [0.1, 0.15) is 4.90 Å². The van der Waals surface area contributed by atoms with Crippen molar-refractivity contribution >= 4 is 21.4 Å². The maximum atomic E-state index is 11.1. The number of nitrogens with zero attached hydrogens (tertiary/aromatic N) is 2. The Morgan fingerprint density at radius 1 is 1.42 bits per heavy atom. The van der Waals surface area contributed by atoms with Gasteiger partial charge in [-0.25, -0.2) is 8.42 Å². The second kappa shape index (κ2) is 2.99. The molecule has 0 amide bonds. The summed E-state index contributed by atoms with van der Waals surface area (Å²) in [5.41, 5.74) is 0.528. The fourth-order valence-electron chi connectivity index (χ4n) is 0.710. The molecule has 1 aromatic heterocycles. The number of sulfone groups is 1. The highest BCUT2D eigenvalue weighted by Gasteiger charge is 2.13. The lowest BCUT2D eigenvalue weighted by molar-refractivity contribution is 0.601. The van der Waals surface area contributed by atoms with Gasteiger partial charge in [-0.05, 0) is 13.0 Å². The van der Waals surface area contributed by atoms with E-state index in [0.29, 0.717) is 5.69 Å². The molecule has 0 aliphatic carbocycles. The Morgan fingerprint density at radius 2 is 2.00 bits per heavy atom. The fraction of sp³-hybridized carbons (Fsp3) is 0.333. The van der Waals surface area contributed by atoms with Gasteiger partial charge in [0, 0.05) is 6.26 Å². The minimum absolute atomic E-state index is 0.0247. The molecule has 0 bridgehead atoms. The van der Waals surface area contributed by atoms with Crippen molar-refractivity contribution < 1.29 is 8.42 Å². The van der Waals surface area contributed by atoms with Crippen LogP contribution in [0.2, 0.25) is 5.15 Å². The zero-order valence-electron chi connectivity index (χ0n) is 6.57. The van der Waals surface area contributed by atoms with Crippen LogP contribution in [0.3, 0.4) is 0 Å². The van der Waals surface area contributed by atoms with Crippen molar-refractivity contribution in [2.24, 2.45) is 0 Å². The minimum Gasteiger partial charge on any atom is -0.224 e. The van der Waals surface area contributed by atoms with Crippen LogP contribution < -0.4 is 0 Å². The lowest BCUT2D eigenvalue weighted by Gasteiger charge is -1.99. The third-order valence-electron chi connectivity index (χ3n) is 1.24. The van der Waals surface area contributed by atoms with Crippen LogP contribution in [-0.2, 0) is 9.84 Å². The minimum atomic E-state index is -3.29. The van der Waals surface area contributed by atoms with E-state index in [4.69, 9.17) is 11.6 Å². The molecule has 0 unspecified atom stereocenters. The summed E-state index contributed by atoms with van der Waals surface area (Å²) in [6.07, 6.45) is 1.08. The molecule has 0 saturated heterocycles. The Kier molecular flexibility index (Phi) is 2.34. The van der Waals surface area contributed by atoms with Gasteiger partial charge in [-0.3, -0.25) is 0 Å². The summed E-state index contributed by atoms with van der Waals surface area (Å²) in [7, 11) is -3.29. The van der Waals surface area contributed by atoms with Crippen LogP contribution in [-0.4, -0.2) is 24.9 Å². The van der Waals surface area contributed by atoms with Crippen LogP contribution in [0.1, 0.15) is 5.69 Å². The van der Waals surface area contributed by atoms with Crippen molar-refractivity contribution in [3.8, 4) is 0 Å². The summed E-state index contributed by atoms with van der Waals surface area (Å²) >= 11 is 5.53. The molecule has 0 spiro atoms. The third-order valence-corrected chi connectivity index (χ3v) is 2.74. The molecule has 1 heterocycles. The van der Waals surface area contributed by atoms with Crippen molar-refractivity contribution in [2.45, 2.75) is 11.8 Å². The van der Waals surface area contributed by atoms with Gasteiger partial charge in [0.2, 0.25) is 0 Å². The molecule has 12 heavy (non-hydrogen) atoms. The molecule has 0 radical (unpaired) electrons. The molecule has 6 heteroatoms. The first kappa shape index (κ1) is 9.41. The smallest absolute Gasteiger partial charge is 0.178 e. The normalized spacial score (nSPS) is 11.6. The largest absolute Gasteiger partial charge is 0.224 e. The Hall–Kier alpha value is -0.680. The van der Waals surface area contributed by atoms with Crippen LogP contribution in [0.25, 0.3) is 0 Å². The first-order chi connectivity index (χ1) is 5.41. The predicted octanol–water partition coefficient (Wildman–Crippen LogP) is 0.842. The van der Waals surface area contributed by atoms with E-state index in [0.717, 1.165) is 6.26 Å². The average Bonchev–Trinajstić information content (AvgIpc) is 1.92. The summed E-state index contributed by atoms with van der Waals surface area (Å²) in [5, 5.41) is 7.01. The number of halogens is 1. The van der Waals surface area contributed by atoms with E-state index >= 15 is 0 Å². The number of rotatable bonds is 1. The highest BCUT2D eigenvalue weighted by Crippen LogP contribution is 2.17. The summed E-state index contributed by atoms with van der Waals surface area (Å²) in [4.78, 5) is 0.0247. The maximum Gasteiger partial charge on any atom is 0.178 e. The maximum absolute atomic E-state index is 11.1. The molecule has 0 atom stereocenters. The monoisotopic (exact) mass is 206 g/mol. The van der Waals surface area contributed by atoms with Crippen LogP contribution in [0.4, 0.5) is 0 Å². The molecule has 0 N–H and O–H groups in total. The first-order valence-corrected chi connectivity index (χ1v) is 5.38. The summed E-state index contributed by atoms with van der Waals surface area (Å²) in [6, 6.07) is 1.39.